The first-order valence-corrected chi connectivity index (χ1v) is 14.5. The number of carboxylic acid groups (broad SMARTS) is 1. The Hall–Kier alpha value is -1.14. The maximum absolute atomic E-state index is 11.4. The molecule has 4 nitrogen and oxygen atoms in total. The van der Waals surface area contributed by atoms with Crippen LogP contribution in [0.15, 0.2) is 35.2 Å². The second-order valence-corrected chi connectivity index (χ2v) is 12.5. The Labute approximate surface area is 225 Å². The molecule has 1 rings (SSSR count). The van der Waals surface area contributed by atoms with Gasteiger partial charge in [-0.15, -0.1) is 11.8 Å². The first-order chi connectivity index (χ1) is 16.2. The van der Waals surface area contributed by atoms with Crippen LogP contribution in [-0.2, 0) is 4.79 Å². The molecule has 0 saturated heterocycles. The topological polar surface area (TPSA) is 87.1 Å². The number of carboxylic acids is 1. The van der Waals surface area contributed by atoms with Crippen molar-refractivity contribution in [3.05, 3.63) is 30.3 Å². The van der Waals surface area contributed by atoms with Crippen LogP contribution in [0.4, 0.5) is 0 Å². The molecule has 8 heteroatoms. The Morgan fingerprint density at radius 1 is 1.03 bits per heavy atom. The van der Waals surface area contributed by atoms with Gasteiger partial charge in [0.2, 0.25) is 0 Å². The molecule has 0 aliphatic carbocycles. The molecule has 0 spiro atoms. The van der Waals surface area contributed by atoms with Gasteiger partial charge in [0.1, 0.15) is 9.07 Å². The zero-order valence-electron chi connectivity index (χ0n) is 20.6. The fourth-order valence-corrected chi connectivity index (χ4v) is 5.71. The summed E-state index contributed by atoms with van der Waals surface area (Å²) in [4.78, 5) is 12.5. The van der Waals surface area contributed by atoms with Crippen LogP contribution in [0.25, 0.3) is 0 Å². The number of benzene rings is 1. The van der Waals surface area contributed by atoms with Crippen molar-refractivity contribution in [2.24, 2.45) is 5.73 Å². The maximum Gasteiger partial charge on any atom is 0.319 e. The van der Waals surface area contributed by atoms with Crippen LogP contribution in [0.5, 0.6) is 0 Å². The smallest absolute Gasteiger partial charge is 0.319 e. The van der Waals surface area contributed by atoms with Crippen molar-refractivity contribution in [3.8, 4) is 6.07 Å². The number of thiocarbonyl (C=S) groups is 2. The first kappa shape index (κ1) is 32.9. The lowest BCUT2D eigenvalue weighted by Crippen LogP contribution is -2.32. The number of hydrogen-bond donors (Lipinski definition) is 2. The van der Waals surface area contributed by atoms with Gasteiger partial charge in [-0.25, -0.2) is 0 Å². The van der Waals surface area contributed by atoms with Crippen LogP contribution in [0, 0.1) is 11.3 Å². The minimum Gasteiger partial charge on any atom is -0.480 e. The average Bonchev–Trinajstić information content (AvgIpc) is 2.79. The van der Waals surface area contributed by atoms with E-state index < -0.39 is 10.7 Å². The van der Waals surface area contributed by atoms with E-state index in [1.54, 1.807) is 6.92 Å². The SMILES string of the molecule is CCCCCCCCCCCCC(=S)SC(C)(CCC#N)C(=O)O.NC(=S)Sc1ccccc1. The minimum atomic E-state index is -0.967. The van der Waals surface area contributed by atoms with Gasteiger partial charge in [0, 0.05) is 15.5 Å². The van der Waals surface area contributed by atoms with Gasteiger partial charge in [-0.1, -0.05) is 119 Å². The van der Waals surface area contributed by atoms with Gasteiger partial charge >= 0.3 is 5.97 Å². The number of nitriles is 1. The second kappa shape index (κ2) is 21.2. The number of carbonyl (C=O) groups is 1. The van der Waals surface area contributed by atoms with Crippen LogP contribution in [0.1, 0.15) is 97.3 Å². The van der Waals surface area contributed by atoms with Crippen molar-refractivity contribution >= 4 is 62.4 Å². The monoisotopic (exact) mass is 540 g/mol. The second-order valence-electron chi connectivity index (χ2n) is 8.33. The molecule has 0 aliphatic rings. The Morgan fingerprint density at radius 3 is 2.03 bits per heavy atom. The van der Waals surface area contributed by atoms with Gasteiger partial charge in [0.15, 0.2) is 0 Å². The Kier molecular flexibility index (Phi) is 20.5. The van der Waals surface area contributed by atoms with Crippen LogP contribution < -0.4 is 5.73 Å². The Balaban J connectivity index is 0.000000896. The largest absolute Gasteiger partial charge is 0.480 e. The van der Waals surface area contributed by atoms with Crippen LogP contribution >= 0.6 is 48.0 Å². The number of nitrogens with two attached hydrogens (primary N) is 1. The number of unbranched alkanes of at least 4 members (excludes halogenated alkanes) is 9. The highest BCUT2D eigenvalue weighted by atomic mass is 32.2. The maximum atomic E-state index is 11.4. The summed E-state index contributed by atoms with van der Waals surface area (Å²) in [5.41, 5.74) is 5.32. The predicted octanol–water partition coefficient (Wildman–Crippen LogP) is 8.53. The van der Waals surface area contributed by atoms with Crippen molar-refractivity contribution in [3.63, 3.8) is 0 Å². The number of aliphatic carboxylic acids is 1. The third kappa shape index (κ3) is 18.2. The molecule has 0 aromatic heterocycles. The molecule has 190 valence electrons. The van der Waals surface area contributed by atoms with Gasteiger partial charge < -0.3 is 10.8 Å². The lowest BCUT2D eigenvalue weighted by atomic mass is 10.1. The fraction of sp³-hybridized carbons (Fsp3) is 0.615. The van der Waals surface area contributed by atoms with Crippen molar-refractivity contribution in [1.29, 1.82) is 5.26 Å². The predicted molar refractivity (Wildman–Crippen MR) is 157 cm³/mol. The Morgan fingerprint density at radius 2 is 1.56 bits per heavy atom. The molecule has 1 aromatic carbocycles. The summed E-state index contributed by atoms with van der Waals surface area (Å²) < 4.78 is 0.259. The number of nitrogens with zero attached hydrogens (tertiary/aromatic N) is 1. The molecule has 0 aliphatic heterocycles. The molecule has 0 heterocycles. The quantitative estimate of drug-likeness (QED) is 0.122. The Bertz CT molecular complexity index is 753. The average molecular weight is 541 g/mol. The molecule has 34 heavy (non-hydrogen) atoms. The zero-order chi connectivity index (χ0) is 25.7. The van der Waals surface area contributed by atoms with Crippen molar-refractivity contribution in [1.82, 2.24) is 0 Å². The van der Waals surface area contributed by atoms with Gasteiger partial charge in [0.05, 0.1) is 6.07 Å². The molecule has 0 bridgehead atoms. The summed E-state index contributed by atoms with van der Waals surface area (Å²) in [7, 11) is 0. The van der Waals surface area contributed by atoms with Crippen molar-refractivity contribution in [2.75, 3.05) is 0 Å². The molecular formula is C26H40N2O2S4. The van der Waals surface area contributed by atoms with E-state index in [0.717, 1.165) is 28.4 Å². The summed E-state index contributed by atoms with van der Waals surface area (Å²) in [6.45, 7) is 3.91. The highest BCUT2D eigenvalue weighted by Crippen LogP contribution is 2.33. The zero-order valence-corrected chi connectivity index (χ0v) is 23.9. The molecule has 3 N–H and O–H groups in total. The lowest BCUT2D eigenvalue weighted by molar-refractivity contribution is -0.139. The van der Waals surface area contributed by atoms with E-state index in [-0.39, 0.29) is 6.42 Å². The standard InChI is InChI=1S/C19H33NO2S2.C7H7NS2/c1-3-4-5-6-7-8-9-10-11-12-14-17(23)24-19(2,18(21)22)15-13-16-20;8-7(9)10-6-4-2-1-3-5-6/h3-15H2,1-2H3,(H,21,22);1-5H,(H2,8,9). The molecule has 0 amide bonds. The van der Waals surface area contributed by atoms with E-state index in [4.69, 9.17) is 35.4 Å². The molecule has 1 unspecified atom stereocenters. The normalized spacial score (nSPS) is 12.0. The molecule has 1 atom stereocenters. The van der Waals surface area contributed by atoms with Gasteiger partial charge in [0.25, 0.3) is 0 Å². The molecule has 0 fully saturated rings. The summed E-state index contributed by atoms with van der Waals surface area (Å²) >= 11 is 12.7. The van der Waals surface area contributed by atoms with E-state index in [2.05, 4.69) is 6.92 Å². The number of rotatable bonds is 16. The highest BCUT2D eigenvalue weighted by molar-refractivity contribution is 8.24. The van der Waals surface area contributed by atoms with Crippen LogP contribution in [0.3, 0.4) is 0 Å². The molecule has 0 saturated carbocycles. The number of hydrogen-bond acceptors (Lipinski definition) is 6. The fourth-order valence-electron chi connectivity index (χ4n) is 3.16. The third-order valence-corrected chi connectivity index (χ3v) is 7.88. The summed E-state index contributed by atoms with van der Waals surface area (Å²) in [5, 5.41) is 18.0. The number of thioether (sulfide) groups is 2. The highest BCUT2D eigenvalue weighted by Gasteiger charge is 2.34. The minimum absolute atomic E-state index is 0.247. The van der Waals surface area contributed by atoms with E-state index in [1.807, 2.05) is 36.4 Å². The van der Waals surface area contributed by atoms with Crippen molar-refractivity contribution in [2.45, 2.75) is 107 Å². The van der Waals surface area contributed by atoms with E-state index in [9.17, 15) is 9.90 Å². The van der Waals surface area contributed by atoms with Gasteiger partial charge in [-0.2, -0.15) is 5.26 Å². The third-order valence-electron chi connectivity index (χ3n) is 5.20. The molecule has 0 radical (unpaired) electrons. The first-order valence-electron chi connectivity index (χ1n) is 12.1. The lowest BCUT2D eigenvalue weighted by Gasteiger charge is -2.23. The van der Waals surface area contributed by atoms with E-state index in [1.165, 1.54) is 74.9 Å². The van der Waals surface area contributed by atoms with Crippen molar-refractivity contribution < 1.29 is 9.90 Å². The van der Waals surface area contributed by atoms with Crippen LogP contribution in [-0.4, -0.2) is 24.3 Å². The summed E-state index contributed by atoms with van der Waals surface area (Å²) in [6.07, 6.45) is 14.2. The van der Waals surface area contributed by atoms with Crippen LogP contribution in [0.2, 0.25) is 0 Å². The molecule has 1 aromatic rings. The molecular weight excluding hydrogens is 501 g/mol. The van der Waals surface area contributed by atoms with Gasteiger partial charge in [-0.05, 0) is 38.3 Å². The summed E-state index contributed by atoms with van der Waals surface area (Å²) in [5.74, 6) is -0.881. The van der Waals surface area contributed by atoms with Gasteiger partial charge in [-0.3, -0.25) is 4.79 Å². The van der Waals surface area contributed by atoms with E-state index >= 15 is 0 Å². The summed E-state index contributed by atoms with van der Waals surface area (Å²) in [6, 6.07) is 11.9. The van der Waals surface area contributed by atoms with E-state index in [0.29, 0.717) is 10.7 Å².